The molecule has 1 saturated carbocycles. The molecule has 0 saturated heterocycles. The van der Waals surface area contributed by atoms with E-state index in [0.717, 1.165) is 18.9 Å². The summed E-state index contributed by atoms with van der Waals surface area (Å²) in [5, 5.41) is 0.0987. The summed E-state index contributed by atoms with van der Waals surface area (Å²) in [6.45, 7) is -0.000980. The fraction of sp³-hybridized carbons (Fsp3) is 0.600. The van der Waals surface area contributed by atoms with Crippen molar-refractivity contribution in [1.29, 1.82) is 0 Å². The summed E-state index contributed by atoms with van der Waals surface area (Å²) in [5.74, 6) is 0.467. The Kier molecular flexibility index (Phi) is 3.91. The Bertz CT molecular complexity index is 499. The van der Waals surface area contributed by atoms with Gasteiger partial charge in [-0.15, -0.1) is 0 Å². The van der Waals surface area contributed by atoms with Gasteiger partial charge in [-0.2, -0.15) is 13.2 Å². The van der Waals surface area contributed by atoms with Gasteiger partial charge < -0.3 is 0 Å². The molecule has 0 radical (unpaired) electrons. The molecule has 100 valence electrons. The van der Waals surface area contributed by atoms with Crippen LogP contribution in [0, 0.1) is 0 Å². The number of hydrogen-bond donors (Lipinski definition) is 0. The van der Waals surface area contributed by atoms with Gasteiger partial charge in [-0.25, -0.2) is 4.98 Å². The SMILES string of the molecule is O=c1cc(Cl)nc(C2CC2)n1CCSC(F)(F)F. The highest BCUT2D eigenvalue weighted by Crippen LogP contribution is 2.39. The second-order valence-corrected chi connectivity index (χ2v) is 5.54. The van der Waals surface area contributed by atoms with E-state index < -0.39 is 5.51 Å². The van der Waals surface area contributed by atoms with Crippen LogP contribution in [0.2, 0.25) is 5.15 Å². The van der Waals surface area contributed by atoms with Crippen molar-refractivity contribution in [2.75, 3.05) is 5.75 Å². The quantitative estimate of drug-likeness (QED) is 0.802. The van der Waals surface area contributed by atoms with Crippen LogP contribution in [0.15, 0.2) is 10.9 Å². The van der Waals surface area contributed by atoms with E-state index in [1.54, 1.807) is 0 Å². The first kappa shape index (κ1) is 13.7. The Balaban J connectivity index is 2.14. The molecule has 0 aliphatic heterocycles. The van der Waals surface area contributed by atoms with Gasteiger partial charge in [0.05, 0.1) is 0 Å². The van der Waals surface area contributed by atoms with Crippen molar-refractivity contribution in [3.05, 3.63) is 27.4 Å². The zero-order chi connectivity index (χ0) is 13.3. The Morgan fingerprint density at radius 2 is 2.17 bits per heavy atom. The van der Waals surface area contributed by atoms with Crippen molar-refractivity contribution in [3.8, 4) is 0 Å². The largest absolute Gasteiger partial charge is 0.441 e. The first-order chi connectivity index (χ1) is 8.37. The van der Waals surface area contributed by atoms with Crippen LogP contribution in [0.3, 0.4) is 0 Å². The second kappa shape index (κ2) is 5.13. The second-order valence-electron chi connectivity index (χ2n) is 4.00. The zero-order valence-electron chi connectivity index (χ0n) is 9.21. The van der Waals surface area contributed by atoms with Crippen molar-refractivity contribution in [3.63, 3.8) is 0 Å². The molecule has 0 amide bonds. The van der Waals surface area contributed by atoms with Crippen molar-refractivity contribution in [2.45, 2.75) is 30.8 Å². The molecule has 1 aromatic heterocycles. The van der Waals surface area contributed by atoms with Gasteiger partial charge >= 0.3 is 5.51 Å². The lowest BCUT2D eigenvalue weighted by Crippen LogP contribution is -2.25. The first-order valence-electron chi connectivity index (χ1n) is 5.35. The number of thioether (sulfide) groups is 1. The minimum atomic E-state index is -4.27. The summed E-state index contributed by atoms with van der Waals surface area (Å²) < 4.78 is 37.4. The van der Waals surface area contributed by atoms with E-state index in [2.05, 4.69) is 4.98 Å². The van der Waals surface area contributed by atoms with Crippen molar-refractivity contribution in [2.24, 2.45) is 0 Å². The topological polar surface area (TPSA) is 34.9 Å². The molecule has 0 aromatic carbocycles. The molecule has 0 spiro atoms. The zero-order valence-corrected chi connectivity index (χ0v) is 10.8. The van der Waals surface area contributed by atoms with Crippen molar-refractivity contribution in [1.82, 2.24) is 9.55 Å². The number of aromatic nitrogens is 2. The molecule has 2 rings (SSSR count). The summed E-state index contributed by atoms with van der Waals surface area (Å²) >= 11 is 5.55. The monoisotopic (exact) mass is 298 g/mol. The van der Waals surface area contributed by atoms with E-state index in [1.807, 2.05) is 0 Å². The number of halogens is 4. The number of rotatable bonds is 4. The molecule has 0 atom stereocenters. The van der Waals surface area contributed by atoms with Gasteiger partial charge in [-0.05, 0) is 24.6 Å². The predicted octanol–water partition coefficient (Wildman–Crippen LogP) is 3.03. The summed E-state index contributed by atoms with van der Waals surface area (Å²) in [7, 11) is 0. The summed E-state index contributed by atoms with van der Waals surface area (Å²) in [6, 6.07) is 1.13. The first-order valence-corrected chi connectivity index (χ1v) is 6.71. The van der Waals surface area contributed by atoms with E-state index in [1.165, 1.54) is 4.57 Å². The molecule has 0 unspecified atom stereocenters. The third-order valence-electron chi connectivity index (χ3n) is 2.53. The normalized spacial score (nSPS) is 16.0. The molecule has 0 bridgehead atoms. The molecule has 8 heteroatoms. The number of hydrogen-bond acceptors (Lipinski definition) is 3. The predicted molar refractivity (Wildman–Crippen MR) is 64.0 cm³/mol. The van der Waals surface area contributed by atoms with Crippen LogP contribution in [0.5, 0.6) is 0 Å². The molecular formula is C10H10ClF3N2OS. The summed E-state index contributed by atoms with van der Waals surface area (Å²) in [5.41, 5.74) is -4.66. The van der Waals surface area contributed by atoms with Crippen molar-refractivity contribution >= 4 is 23.4 Å². The molecule has 1 fully saturated rings. The molecular weight excluding hydrogens is 289 g/mol. The highest BCUT2D eigenvalue weighted by Gasteiger charge is 2.30. The molecule has 1 aromatic rings. The summed E-state index contributed by atoms with van der Waals surface area (Å²) in [6.07, 6.45) is 1.80. The number of nitrogens with zero attached hydrogens (tertiary/aromatic N) is 2. The van der Waals surface area contributed by atoms with E-state index in [4.69, 9.17) is 11.6 Å². The van der Waals surface area contributed by atoms with E-state index in [-0.39, 0.29) is 40.7 Å². The highest BCUT2D eigenvalue weighted by atomic mass is 35.5. The molecule has 1 heterocycles. The van der Waals surface area contributed by atoms with Gasteiger partial charge in [0, 0.05) is 24.3 Å². The fourth-order valence-electron chi connectivity index (χ4n) is 1.63. The van der Waals surface area contributed by atoms with Crippen LogP contribution in [-0.4, -0.2) is 20.8 Å². The van der Waals surface area contributed by atoms with Crippen LogP contribution in [0.4, 0.5) is 13.2 Å². The van der Waals surface area contributed by atoms with Gasteiger partial charge in [-0.1, -0.05) is 11.6 Å². The van der Waals surface area contributed by atoms with Crippen LogP contribution in [0.1, 0.15) is 24.6 Å². The van der Waals surface area contributed by atoms with Gasteiger partial charge in [0.2, 0.25) is 0 Å². The van der Waals surface area contributed by atoms with Crippen LogP contribution in [-0.2, 0) is 6.54 Å². The minimum Gasteiger partial charge on any atom is -0.296 e. The Labute approximate surface area is 110 Å². The molecule has 3 nitrogen and oxygen atoms in total. The lowest BCUT2D eigenvalue weighted by molar-refractivity contribution is -0.0328. The standard InChI is InChI=1S/C10H10ClF3N2OS/c11-7-5-8(17)16(3-4-18-10(12,13)14)9(15-7)6-1-2-6/h5-6H,1-4H2. The maximum absolute atomic E-state index is 12.0. The van der Waals surface area contributed by atoms with Crippen LogP contribution < -0.4 is 5.56 Å². The Hall–Kier alpha value is -0.690. The number of alkyl halides is 3. The molecule has 18 heavy (non-hydrogen) atoms. The van der Waals surface area contributed by atoms with Gasteiger partial charge in [0.15, 0.2) is 0 Å². The van der Waals surface area contributed by atoms with Gasteiger partial charge in [0.1, 0.15) is 11.0 Å². The fourth-order valence-corrected chi connectivity index (χ4v) is 2.31. The van der Waals surface area contributed by atoms with Gasteiger partial charge in [-0.3, -0.25) is 9.36 Å². The smallest absolute Gasteiger partial charge is 0.296 e. The molecule has 0 N–H and O–H groups in total. The van der Waals surface area contributed by atoms with Crippen LogP contribution >= 0.6 is 23.4 Å². The highest BCUT2D eigenvalue weighted by molar-refractivity contribution is 8.00. The minimum absolute atomic E-state index is 0.000980. The average molecular weight is 299 g/mol. The Morgan fingerprint density at radius 1 is 1.50 bits per heavy atom. The van der Waals surface area contributed by atoms with Gasteiger partial charge in [0.25, 0.3) is 5.56 Å². The third-order valence-corrected chi connectivity index (χ3v) is 3.44. The van der Waals surface area contributed by atoms with E-state index in [9.17, 15) is 18.0 Å². The molecule has 1 aliphatic rings. The maximum Gasteiger partial charge on any atom is 0.441 e. The third kappa shape index (κ3) is 3.65. The Morgan fingerprint density at radius 3 is 2.72 bits per heavy atom. The van der Waals surface area contributed by atoms with Crippen molar-refractivity contribution < 1.29 is 13.2 Å². The lowest BCUT2D eigenvalue weighted by atomic mass is 10.3. The maximum atomic E-state index is 12.0. The van der Waals surface area contributed by atoms with E-state index in [0.29, 0.717) is 5.82 Å². The lowest BCUT2D eigenvalue weighted by Gasteiger charge is -2.12. The van der Waals surface area contributed by atoms with Crippen LogP contribution in [0.25, 0.3) is 0 Å². The average Bonchev–Trinajstić information content (AvgIpc) is 3.02. The van der Waals surface area contributed by atoms with E-state index >= 15 is 0 Å². The molecule has 1 aliphatic carbocycles. The summed E-state index contributed by atoms with van der Waals surface area (Å²) in [4.78, 5) is 15.7.